The molecule has 1 aromatic rings. The second kappa shape index (κ2) is 14.6. The summed E-state index contributed by atoms with van der Waals surface area (Å²) >= 11 is 5.90. The summed E-state index contributed by atoms with van der Waals surface area (Å²) in [6.45, 7) is 4.89. The Balaban J connectivity index is 1.61. The Morgan fingerprint density at radius 3 is 1.89 bits per heavy atom. The number of amides is 2. The predicted octanol–water partition coefficient (Wildman–Crippen LogP) is 3.47. The van der Waals surface area contributed by atoms with Crippen molar-refractivity contribution in [1.29, 1.82) is 0 Å². The summed E-state index contributed by atoms with van der Waals surface area (Å²) in [5, 5.41) is 0. The molecule has 0 unspecified atom stereocenters. The second-order valence-corrected chi connectivity index (χ2v) is 9.10. The predicted molar refractivity (Wildman–Crippen MR) is 127 cm³/mol. The third-order valence-electron chi connectivity index (χ3n) is 4.23. The highest BCUT2D eigenvalue weighted by molar-refractivity contribution is 9.14. The normalized spacial score (nSPS) is 13.9. The highest BCUT2D eigenvalue weighted by Crippen LogP contribution is 2.35. The molecule has 13 heteroatoms. The van der Waals surface area contributed by atoms with E-state index in [9.17, 15) is 23.2 Å². The van der Waals surface area contributed by atoms with E-state index in [1.807, 2.05) is 13.8 Å². The molecule has 0 N–H and O–H groups in total. The lowest BCUT2D eigenvalue weighted by atomic mass is 10.2. The van der Waals surface area contributed by atoms with Crippen LogP contribution >= 0.6 is 31.9 Å². The Morgan fingerprint density at radius 2 is 1.37 bits per heavy atom. The summed E-state index contributed by atoms with van der Waals surface area (Å²) in [5.74, 6) is -4.47. The molecule has 0 fully saturated rings. The average molecular weight is 629 g/mol. The molecule has 2 amide bonds. The van der Waals surface area contributed by atoms with E-state index in [1.54, 1.807) is 0 Å². The van der Waals surface area contributed by atoms with Crippen LogP contribution in [0.1, 0.15) is 13.8 Å². The molecule has 9 nitrogen and oxygen atoms in total. The van der Waals surface area contributed by atoms with Crippen molar-refractivity contribution in [3.05, 3.63) is 32.7 Å². The van der Waals surface area contributed by atoms with Gasteiger partial charge in [-0.1, -0.05) is 13.8 Å². The van der Waals surface area contributed by atoms with Gasteiger partial charge < -0.3 is 23.7 Å². The van der Waals surface area contributed by atoms with Crippen LogP contribution in [0.5, 0.6) is 5.75 Å². The van der Waals surface area contributed by atoms with Crippen molar-refractivity contribution in [2.24, 2.45) is 5.92 Å². The highest BCUT2D eigenvalue weighted by Gasteiger charge is 2.37. The molecule has 0 radical (unpaired) electrons. The lowest BCUT2D eigenvalue weighted by molar-refractivity contribution is -0.150. The number of hydrogen-bond acceptors (Lipinski definition) is 8. The number of imide groups is 1. The number of ether oxygens (including phenoxy) is 5. The summed E-state index contributed by atoms with van der Waals surface area (Å²) in [4.78, 5) is 36.2. The molecule has 0 aromatic heterocycles. The van der Waals surface area contributed by atoms with Crippen molar-refractivity contribution in [1.82, 2.24) is 0 Å². The molecular formula is C22H25Br2F2NO8. The molecule has 1 aromatic carbocycles. The fourth-order valence-corrected chi connectivity index (χ4v) is 3.32. The maximum absolute atomic E-state index is 14.4. The monoisotopic (exact) mass is 627 g/mol. The summed E-state index contributed by atoms with van der Waals surface area (Å²) in [5.41, 5.74) is -0.265. The van der Waals surface area contributed by atoms with Crippen LogP contribution in [0.4, 0.5) is 14.5 Å². The molecule has 0 saturated carbocycles. The van der Waals surface area contributed by atoms with E-state index in [0.717, 1.165) is 12.1 Å². The zero-order valence-corrected chi connectivity index (χ0v) is 22.3. The van der Waals surface area contributed by atoms with E-state index in [4.69, 9.17) is 23.7 Å². The first-order valence-electron chi connectivity index (χ1n) is 10.6. The van der Waals surface area contributed by atoms with Crippen LogP contribution in [0.25, 0.3) is 0 Å². The van der Waals surface area contributed by atoms with E-state index >= 15 is 0 Å². The Hall–Kier alpha value is -1.93. The topological polar surface area (TPSA) is 101 Å². The van der Waals surface area contributed by atoms with Gasteiger partial charge in [0, 0.05) is 12.1 Å². The number of benzene rings is 1. The van der Waals surface area contributed by atoms with E-state index < -0.39 is 35.2 Å². The van der Waals surface area contributed by atoms with E-state index in [-0.39, 0.29) is 66.8 Å². The molecule has 0 atom stereocenters. The van der Waals surface area contributed by atoms with Gasteiger partial charge in [0.05, 0.1) is 45.3 Å². The molecule has 2 rings (SSSR count). The van der Waals surface area contributed by atoms with Gasteiger partial charge in [0.2, 0.25) is 0 Å². The van der Waals surface area contributed by atoms with Crippen molar-refractivity contribution in [2.45, 2.75) is 13.8 Å². The Morgan fingerprint density at radius 1 is 0.886 bits per heavy atom. The zero-order valence-electron chi connectivity index (χ0n) is 19.1. The van der Waals surface area contributed by atoms with Crippen molar-refractivity contribution < 1.29 is 46.8 Å². The van der Waals surface area contributed by atoms with Crippen LogP contribution in [0, 0.1) is 17.6 Å². The summed E-state index contributed by atoms with van der Waals surface area (Å²) < 4.78 is 54.4. The Kier molecular flexibility index (Phi) is 12.2. The molecule has 0 spiro atoms. The molecule has 194 valence electrons. The second-order valence-electron chi connectivity index (χ2n) is 7.51. The lowest BCUT2D eigenvalue weighted by Gasteiger charge is -2.16. The first-order valence-corrected chi connectivity index (χ1v) is 12.2. The van der Waals surface area contributed by atoms with Gasteiger partial charge in [-0.25, -0.2) is 18.5 Å². The maximum atomic E-state index is 14.4. The number of halogens is 4. The van der Waals surface area contributed by atoms with Crippen LogP contribution < -0.4 is 9.64 Å². The Bertz CT molecular complexity index is 910. The fraction of sp³-hybridized carbons (Fsp3) is 0.500. The smallest absolute Gasteiger partial charge is 0.332 e. The number of carbonyl (C=O) groups excluding carboxylic acids is 3. The number of hydrogen-bond donors (Lipinski definition) is 0. The van der Waals surface area contributed by atoms with Crippen LogP contribution in [0.15, 0.2) is 21.1 Å². The van der Waals surface area contributed by atoms with Gasteiger partial charge in [-0.15, -0.1) is 0 Å². The van der Waals surface area contributed by atoms with E-state index in [0.29, 0.717) is 11.5 Å². The molecular weight excluding hydrogens is 604 g/mol. The molecule has 35 heavy (non-hydrogen) atoms. The van der Waals surface area contributed by atoms with Gasteiger partial charge in [0.1, 0.15) is 22.2 Å². The molecule has 0 aliphatic carbocycles. The molecule has 0 saturated heterocycles. The molecule has 0 bridgehead atoms. The van der Waals surface area contributed by atoms with Gasteiger partial charge in [-0.3, -0.25) is 9.59 Å². The van der Waals surface area contributed by atoms with Gasteiger partial charge >= 0.3 is 5.97 Å². The van der Waals surface area contributed by atoms with Gasteiger partial charge in [-0.05, 0) is 37.8 Å². The first-order chi connectivity index (χ1) is 16.6. The van der Waals surface area contributed by atoms with Crippen LogP contribution in [0.2, 0.25) is 0 Å². The zero-order chi connectivity index (χ0) is 26.0. The standard InChI is InChI=1S/C22H25Br2F2NO8/c1-13(2)11-35-17(28)12-33-6-5-31-3-4-32-7-8-34-20-15(25)9-14(10-16(20)26)27-21(29)18(23)19(24)22(27)30/h9-10,13H,3-8,11-12H2,1-2H3. The maximum Gasteiger partial charge on any atom is 0.332 e. The summed E-state index contributed by atoms with van der Waals surface area (Å²) in [7, 11) is 0. The number of rotatable bonds is 15. The van der Waals surface area contributed by atoms with Crippen LogP contribution in [0.3, 0.4) is 0 Å². The fourth-order valence-electron chi connectivity index (χ4n) is 2.62. The number of nitrogens with zero attached hydrogens (tertiary/aromatic N) is 1. The van der Waals surface area contributed by atoms with Crippen molar-refractivity contribution in [2.75, 3.05) is 57.8 Å². The minimum Gasteiger partial charge on any atom is -0.485 e. The molecule has 1 aliphatic heterocycles. The number of esters is 1. The van der Waals surface area contributed by atoms with Gasteiger partial charge in [0.25, 0.3) is 11.8 Å². The van der Waals surface area contributed by atoms with Crippen LogP contribution in [-0.2, 0) is 33.3 Å². The summed E-state index contributed by atoms with van der Waals surface area (Å²) in [6.07, 6.45) is 0. The quantitative estimate of drug-likeness (QED) is 0.165. The number of anilines is 1. The molecule has 1 heterocycles. The lowest BCUT2D eigenvalue weighted by Crippen LogP contribution is -2.31. The van der Waals surface area contributed by atoms with E-state index in [1.165, 1.54) is 0 Å². The van der Waals surface area contributed by atoms with Crippen LogP contribution in [-0.4, -0.2) is 70.6 Å². The average Bonchev–Trinajstić information content (AvgIpc) is 2.99. The third kappa shape index (κ3) is 8.90. The SMILES string of the molecule is CC(C)COC(=O)COCCOCCOCCOc1c(F)cc(N2C(=O)C(Br)=C(Br)C2=O)cc1F. The summed E-state index contributed by atoms with van der Waals surface area (Å²) in [6, 6.07) is 1.67. The third-order valence-corrected chi connectivity index (χ3v) is 6.23. The largest absolute Gasteiger partial charge is 0.485 e. The highest BCUT2D eigenvalue weighted by atomic mass is 79.9. The minimum atomic E-state index is -1.07. The van der Waals surface area contributed by atoms with Gasteiger partial charge in [0.15, 0.2) is 17.4 Å². The van der Waals surface area contributed by atoms with Gasteiger partial charge in [-0.2, -0.15) is 0 Å². The Labute approximate surface area is 217 Å². The molecule has 1 aliphatic rings. The minimum absolute atomic E-state index is 0.0368. The van der Waals surface area contributed by atoms with Crippen molar-refractivity contribution in [3.63, 3.8) is 0 Å². The van der Waals surface area contributed by atoms with Crippen molar-refractivity contribution in [3.8, 4) is 5.75 Å². The van der Waals surface area contributed by atoms with E-state index in [2.05, 4.69) is 31.9 Å². The first kappa shape index (κ1) is 29.3. The van der Waals surface area contributed by atoms with Crippen molar-refractivity contribution >= 4 is 55.3 Å². The number of carbonyl (C=O) groups is 3.